The van der Waals surface area contributed by atoms with E-state index in [9.17, 15) is 74.4 Å². The summed E-state index contributed by atoms with van der Waals surface area (Å²) in [6.07, 6.45) is -14.8. The van der Waals surface area contributed by atoms with Crippen molar-refractivity contribution in [3.05, 3.63) is 108 Å². The van der Waals surface area contributed by atoms with Crippen LogP contribution in [0.15, 0.2) is 97.1 Å². The zero-order valence-electron chi connectivity index (χ0n) is 49.1. The third kappa shape index (κ3) is 16.6. The number of fused-ring (bicyclic) bond motifs is 2. The van der Waals surface area contributed by atoms with Crippen LogP contribution in [0.3, 0.4) is 0 Å². The number of hydrogen-bond acceptors (Lipinski definition) is 19. The summed E-state index contributed by atoms with van der Waals surface area (Å²) in [6.45, 7) is 5.06. The van der Waals surface area contributed by atoms with Crippen LogP contribution in [-0.4, -0.2) is 204 Å². The topological polar surface area (TPSA) is 406 Å². The fraction of sp³-hybridized carbons (Fsp3) is 0.500. The number of unbranched alkanes of at least 4 members (excludes halogenated alkanes) is 2. The molecule has 4 aromatic carbocycles. The highest BCUT2D eigenvalue weighted by molar-refractivity contribution is 6.00. The summed E-state index contributed by atoms with van der Waals surface area (Å²) in [5.74, 6) is -10.1. The number of rotatable bonds is 18. The number of aliphatic hydroxyl groups is 7. The molecule has 15 atom stereocenters. The van der Waals surface area contributed by atoms with Crippen LogP contribution < -0.4 is 37.5 Å². The zero-order valence-corrected chi connectivity index (χ0v) is 49.1. The van der Waals surface area contributed by atoms with Gasteiger partial charge in [-0.05, 0) is 84.5 Å². The average Bonchev–Trinajstić information content (AvgIpc) is 1.95. The quantitative estimate of drug-likeness (QED) is 0.0557. The Bertz CT molecular complexity index is 2990. The van der Waals surface area contributed by atoms with Gasteiger partial charge in [0.05, 0.1) is 55.2 Å². The lowest BCUT2D eigenvalue weighted by molar-refractivity contribution is -0.151. The van der Waals surface area contributed by atoms with Crippen molar-refractivity contribution in [2.45, 2.75) is 151 Å². The molecule has 3 saturated heterocycles. The molecule has 0 radical (unpaired) electrons. The van der Waals surface area contributed by atoms with Crippen molar-refractivity contribution >= 4 is 41.2 Å². The van der Waals surface area contributed by atoms with Crippen LogP contribution in [0, 0.1) is 11.8 Å². The smallest absolute Gasteiger partial charge is 0.251 e. The standard InChI is InChI=1S/C62H82N8O17/c1-5-6-7-24-86-43-22-18-38(19-23-43)36-10-8-35(9-11-36)37-12-14-40(15-13-37)56(80)65-46-27-49(76)60(87-44(28-63)29-64)68-59(83)52-53(77)32(2)30-70(52)62(85)51(34(4)72)66-57(81)45(55(79)54(78)39-16-20-41(73)21-17-39)26-48(75)47-25-42(74)31-69(47)61(84)50(33(3)71)67-58(46)82/h8-23,32-34,42,44-47,49-55,60,71-74,76-79H,5-7,24-31,63-64H2,1-4H3,(H,65,80)(H,66,81)(H,67,82)(H,68,83)/t32-,33+,34+,42+,45?,46-,47?,49+,50?,51?,52?,53-,54-,55-,60?/m0/s1. The summed E-state index contributed by atoms with van der Waals surface area (Å²) in [5, 5.41) is 100. The minimum Gasteiger partial charge on any atom is -0.508 e. The van der Waals surface area contributed by atoms with Crippen LogP contribution in [0.5, 0.6) is 11.5 Å². The van der Waals surface area contributed by atoms with Gasteiger partial charge in [-0.15, -0.1) is 0 Å². The summed E-state index contributed by atoms with van der Waals surface area (Å²) in [6, 6.07) is 17.4. The predicted octanol–water partition coefficient (Wildman–Crippen LogP) is -0.526. The minimum atomic E-state index is -2.19. The molecule has 0 aromatic heterocycles. The Kier molecular flexibility index (Phi) is 23.5. The number of carbonyl (C=O) groups excluding carboxylic acids is 7. The Morgan fingerprint density at radius 2 is 1.23 bits per heavy atom. The lowest BCUT2D eigenvalue weighted by Gasteiger charge is -2.34. The van der Waals surface area contributed by atoms with Gasteiger partial charge in [0.2, 0.25) is 29.5 Å². The van der Waals surface area contributed by atoms with Crippen molar-refractivity contribution in [1.82, 2.24) is 31.1 Å². The lowest BCUT2D eigenvalue weighted by atomic mass is 9.86. The van der Waals surface area contributed by atoms with E-state index in [4.69, 9.17) is 20.9 Å². The number of benzene rings is 4. The van der Waals surface area contributed by atoms with Gasteiger partial charge in [-0.2, -0.15) is 0 Å². The summed E-state index contributed by atoms with van der Waals surface area (Å²) in [5.41, 5.74) is 15.3. The van der Waals surface area contributed by atoms with Gasteiger partial charge in [-0.3, -0.25) is 33.6 Å². The molecule has 0 aliphatic carbocycles. The molecule has 4 aromatic rings. The Morgan fingerprint density at radius 3 is 1.78 bits per heavy atom. The van der Waals surface area contributed by atoms with Crippen molar-refractivity contribution < 1.29 is 83.9 Å². The van der Waals surface area contributed by atoms with E-state index < -0.39 is 164 Å². The number of hydrogen-bond donors (Lipinski definition) is 14. The highest BCUT2D eigenvalue weighted by Gasteiger charge is 2.50. The number of Topliss-reactive ketones (excluding diaryl/α,β-unsaturated/α-hetero) is 1. The largest absolute Gasteiger partial charge is 0.508 e. The monoisotopic (exact) mass is 1210 g/mol. The molecule has 6 unspecified atom stereocenters. The molecule has 7 rings (SSSR count). The summed E-state index contributed by atoms with van der Waals surface area (Å²) in [4.78, 5) is 104. The van der Waals surface area contributed by atoms with Gasteiger partial charge in [0.15, 0.2) is 12.0 Å². The van der Waals surface area contributed by atoms with Crippen molar-refractivity contribution in [2.24, 2.45) is 23.3 Å². The molecular formula is C62H82N8O17. The van der Waals surface area contributed by atoms with E-state index in [0.717, 1.165) is 70.9 Å². The normalized spacial score (nSPS) is 26.8. The Hall–Kier alpha value is -7.43. The lowest BCUT2D eigenvalue weighted by Crippen LogP contribution is -2.62. The number of ether oxygens (including phenoxy) is 2. The van der Waals surface area contributed by atoms with Gasteiger partial charge < -0.3 is 92.9 Å². The first kappa shape index (κ1) is 67.1. The van der Waals surface area contributed by atoms with E-state index in [1.165, 1.54) is 43.3 Å². The fourth-order valence-electron chi connectivity index (χ4n) is 11.0. The molecule has 25 heteroatoms. The highest BCUT2D eigenvalue weighted by atomic mass is 16.5. The van der Waals surface area contributed by atoms with Crippen LogP contribution in [0.25, 0.3) is 22.3 Å². The molecule has 3 fully saturated rings. The van der Waals surface area contributed by atoms with Gasteiger partial charge in [0.25, 0.3) is 5.91 Å². The van der Waals surface area contributed by atoms with E-state index in [1.54, 1.807) is 12.1 Å². The third-order valence-electron chi connectivity index (χ3n) is 16.2. The van der Waals surface area contributed by atoms with Crippen LogP contribution in [0.2, 0.25) is 0 Å². The van der Waals surface area contributed by atoms with E-state index in [0.29, 0.717) is 6.61 Å². The van der Waals surface area contributed by atoms with Gasteiger partial charge in [0.1, 0.15) is 47.9 Å². The number of carbonyl (C=O) groups is 7. The van der Waals surface area contributed by atoms with Gasteiger partial charge in [0, 0.05) is 56.9 Å². The Labute approximate surface area is 504 Å². The molecule has 6 amide bonds. The van der Waals surface area contributed by atoms with Crippen molar-refractivity contribution in [1.29, 1.82) is 0 Å². The van der Waals surface area contributed by atoms with Gasteiger partial charge in [-0.25, -0.2) is 0 Å². The third-order valence-corrected chi connectivity index (χ3v) is 16.2. The van der Waals surface area contributed by atoms with Crippen LogP contribution in [-0.2, 0) is 33.5 Å². The van der Waals surface area contributed by atoms with Crippen LogP contribution >= 0.6 is 0 Å². The van der Waals surface area contributed by atoms with Crippen molar-refractivity contribution in [3.63, 3.8) is 0 Å². The molecular weight excluding hydrogens is 1130 g/mol. The van der Waals surface area contributed by atoms with E-state index >= 15 is 0 Å². The molecule has 3 aliphatic heterocycles. The molecule has 3 aliphatic rings. The number of nitrogens with zero attached hydrogens (tertiary/aromatic N) is 2. The molecule has 0 saturated carbocycles. The molecule has 87 heavy (non-hydrogen) atoms. The molecule has 16 N–H and O–H groups in total. The number of ketones is 1. The Balaban J connectivity index is 1.23. The highest BCUT2D eigenvalue weighted by Crippen LogP contribution is 2.32. The van der Waals surface area contributed by atoms with Crippen LogP contribution in [0.1, 0.15) is 88.2 Å². The van der Waals surface area contributed by atoms with Gasteiger partial charge >= 0.3 is 0 Å². The number of aliphatic hydroxyl groups excluding tert-OH is 7. The number of phenols is 1. The first-order valence-electron chi connectivity index (χ1n) is 29.3. The number of amides is 6. The second-order valence-electron chi connectivity index (χ2n) is 22.8. The summed E-state index contributed by atoms with van der Waals surface area (Å²) in [7, 11) is 0. The first-order valence-corrected chi connectivity index (χ1v) is 29.3. The number of aromatic hydroxyl groups is 1. The number of nitrogens with one attached hydrogen (secondary N) is 4. The van der Waals surface area contributed by atoms with Crippen molar-refractivity contribution in [2.75, 3.05) is 32.8 Å². The SMILES string of the molecule is CCCCCOc1ccc(-c2ccc(-c3ccc(C(=O)N[C@H]4C[C@@H](O)C(OC(CN)CN)NC(=O)C5[C@@H](O)[C@@H](C)CN5C(=O)C([C@@H](C)O)NC(=O)C([C@H](O)[C@@H](O)c5ccc(O)cc5)CC(=O)C5C[C@@H](O)CN5C(=O)C([C@@H](C)O)NC4=O)cc3)cc2)cc1. The van der Waals surface area contributed by atoms with E-state index in [1.807, 2.05) is 48.5 Å². The molecule has 3 heterocycles. The summed E-state index contributed by atoms with van der Waals surface area (Å²) >= 11 is 0. The molecule has 25 nitrogen and oxygen atoms in total. The van der Waals surface area contributed by atoms with Crippen molar-refractivity contribution in [3.8, 4) is 33.8 Å². The maximum Gasteiger partial charge on any atom is 0.251 e. The predicted molar refractivity (Wildman–Crippen MR) is 315 cm³/mol. The minimum absolute atomic E-state index is 0.0246. The molecule has 472 valence electrons. The molecule has 0 bridgehead atoms. The maximum atomic E-state index is 14.8. The first-order chi connectivity index (χ1) is 41.4. The maximum absolute atomic E-state index is 14.8. The fourth-order valence-corrected chi connectivity index (χ4v) is 11.0. The number of phenolic OH excluding ortho intramolecular Hbond substituents is 1. The van der Waals surface area contributed by atoms with E-state index in [-0.39, 0.29) is 36.5 Å². The van der Waals surface area contributed by atoms with Gasteiger partial charge in [-0.1, -0.05) is 87.4 Å². The molecule has 0 spiro atoms. The van der Waals surface area contributed by atoms with E-state index in [2.05, 4.69) is 28.2 Å². The second kappa shape index (κ2) is 30.5. The average molecular weight is 1210 g/mol. The summed E-state index contributed by atoms with van der Waals surface area (Å²) < 4.78 is 11.9. The Morgan fingerprint density at radius 1 is 0.690 bits per heavy atom. The number of nitrogens with two attached hydrogens (primary N) is 2. The van der Waals surface area contributed by atoms with Crippen LogP contribution in [0.4, 0.5) is 0 Å². The second-order valence-corrected chi connectivity index (χ2v) is 22.8. The zero-order chi connectivity index (χ0) is 63.4.